The van der Waals surface area contributed by atoms with Crippen LogP contribution in [0.15, 0.2) is 69.6 Å². The maximum Gasteiger partial charge on any atom is 0.332 e. The highest BCUT2D eigenvalue weighted by Gasteiger charge is 2.18. The number of amides is 2. The highest BCUT2D eigenvalue weighted by molar-refractivity contribution is 7.17. The Hall–Kier alpha value is -4.25. The van der Waals surface area contributed by atoms with Gasteiger partial charge in [0, 0.05) is 11.4 Å². The Bertz CT molecular complexity index is 1490. The SMILES string of the molecule is CCOc1ccc(NC(=O)Cn2c(=O)n(CC(=O)Nc3ccc(F)cc3)c(=O)c3sccc32)cc1. The van der Waals surface area contributed by atoms with Gasteiger partial charge in [0.05, 0.1) is 12.1 Å². The van der Waals surface area contributed by atoms with E-state index in [1.165, 1.54) is 24.3 Å². The normalized spacial score (nSPS) is 10.8. The number of hydrogen-bond donors (Lipinski definition) is 2. The van der Waals surface area contributed by atoms with E-state index in [0.29, 0.717) is 29.2 Å². The molecule has 35 heavy (non-hydrogen) atoms. The van der Waals surface area contributed by atoms with Crippen molar-refractivity contribution < 1.29 is 18.7 Å². The van der Waals surface area contributed by atoms with E-state index in [2.05, 4.69) is 10.6 Å². The first-order valence-corrected chi connectivity index (χ1v) is 11.5. The third-order valence-corrected chi connectivity index (χ3v) is 5.91. The summed E-state index contributed by atoms with van der Waals surface area (Å²) in [4.78, 5) is 51.2. The number of carbonyl (C=O) groups excluding carboxylic acids is 2. The number of fused-ring (bicyclic) bond motifs is 1. The highest BCUT2D eigenvalue weighted by atomic mass is 32.1. The molecular weight excluding hydrogens is 475 g/mol. The summed E-state index contributed by atoms with van der Waals surface area (Å²) in [6.07, 6.45) is 0. The van der Waals surface area contributed by atoms with E-state index in [-0.39, 0.29) is 11.2 Å². The maximum atomic E-state index is 13.1. The van der Waals surface area contributed by atoms with Crippen LogP contribution in [0.5, 0.6) is 5.75 Å². The van der Waals surface area contributed by atoms with Crippen LogP contribution in [-0.4, -0.2) is 27.6 Å². The molecule has 2 aromatic heterocycles. The number of rotatable bonds is 8. The highest BCUT2D eigenvalue weighted by Crippen LogP contribution is 2.17. The number of aromatic nitrogens is 2. The lowest BCUT2D eigenvalue weighted by atomic mass is 10.3. The van der Waals surface area contributed by atoms with E-state index in [1.807, 2.05) is 6.92 Å². The summed E-state index contributed by atoms with van der Waals surface area (Å²) in [5.74, 6) is -0.928. The van der Waals surface area contributed by atoms with E-state index in [0.717, 1.165) is 20.5 Å². The number of ether oxygens (including phenoxy) is 1. The van der Waals surface area contributed by atoms with Crippen LogP contribution in [0.25, 0.3) is 10.2 Å². The van der Waals surface area contributed by atoms with Crippen molar-refractivity contribution in [1.82, 2.24) is 9.13 Å². The molecule has 0 atom stereocenters. The second-order valence-electron chi connectivity index (χ2n) is 7.46. The van der Waals surface area contributed by atoms with Crippen molar-refractivity contribution in [2.24, 2.45) is 0 Å². The molecule has 4 aromatic rings. The van der Waals surface area contributed by atoms with Gasteiger partial charge in [-0.3, -0.25) is 19.0 Å². The maximum absolute atomic E-state index is 13.1. The van der Waals surface area contributed by atoms with Gasteiger partial charge in [-0.2, -0.15) is 0 Å². The van der Waals surface area contributed by atoms with Gasteiger partial charge in [0.25, 0.3) is 5.56 Å². The molecule has 180 valence electrons. The summed E-state index contributed by atoms with van der Waals surface area (Å²) in [7, 11) is 0. The van der Waals surface area contributed by atoms with E-state index in [9.17, 15) is 23.6 Å². The molecule has 0 aliphatic heterocycles. The van der Waals surface area contributed by atoms with E-state index >= 15 is 0 Å². The minimum Gasteiger partial charge on any atom is -0.494 e. The van der Waals surface area contributed by atoms with Gasteiger partial charge in [0.2, 0.25) is 11.8 Å². The van der Waals surface area contributed by atoms with Gasteiger partial charge in [-0.1, -0.05) is 0 Å². The molecule has 0 spiro atoms. The Balaban J connectivity index is 1.57. The Morgan fingerprint density at radius 2 is 1.46 bits per heavy atom. The predicted molar refractivity (Wildman–Crippen MR) is 132 cm³/mol. The fourth-order valence-corrected chi connectivity index (χ4v) is 4.29. The van der Waals surface area contributed by atoms with Crippen LogP contribution < -0.4 is 26.6 Å². The zero-order valence-electron chi connectivity index (χ0n) is 18.6. The van der Waals surface area contributed by atoms with Gasteiger partial charge in [0.1, 0.15) is 29.4 Å². The lowest BCUT2D eigenvalue weighted by molar-refractivity contribution is -0.117. The first-order chi connectivity index (χ1) is 16.9. The van der Waals surface area contributed by atoms with E-state index < -0.39 is 35.4 Å². The number of carbonyl (C=O) groups is 2. The number of nitrogens with zero attached hydrogens (tertiary/aromatic N) is 2. The minimum absolute atomic E-state index is 0.244. The third-order valence-electron chi connectivity index (χ3n) is 5.02. The van der Waals surface area contributed by atoms with Crippen molar-refractivity contribution in [3.63, 3.8) is 0 Å². The van der Waals surface area contributed by atoms with Crippen LogP contribution in [0, 0.1) is 5.82 Å². The average Bonchev–Trinajstić information content (AvgIpc) is 3.33. The zero-order chi connectivity index (χ0) is 24.9. The number of benzene rings is 2. The molecule has 2 N–H and O–H groups in total. The lowest BCUT2D eigenvalue weighted by Crippen LogP contribution is -2.43. The van der Waals surface area contributed by atoms with Crippen LogP contribution in [0.2, 0.25) is 0 Å². The molecule has 0 unspecified atom stereocenters. The summed E-state index contributed by atoms with van der Waals surface area (Å²) in [6.45, 7) is 1.45. The number of thiophene rings is 1. The predicted octanol–water partition coefficient (Wildman–Crippen LogP) is 3.04. The van der Waals surface area contributed by atoms with Gasteiger partial charge in [0.15, 0.2) is 0 Å². The average molecular weight is 497 g/mol. The molecule has 4 rings (SSSR count). The van der Waals surface area contributed by atoms with Gasteiger partial charge >= 0.3 is 5.69 Å². The molecule has 0 aliphatic carbocycles. The molecular formula is C24H21FN4O5S. The molecule has 0 saturated heterocycles. The standard InChI is InChI=1S/C24H21FN4O5S/c1-2-34-18-9-7-17(8-10-18)27-20(30)13-28-19-11-12-35-22(19)23(32)29(24(28)33)14-21(31)26-16-5-3-15(25)4-6-16/h3-12H,2,13-14H2,1H3,(H,26,31)(H,27,30). The fourth-order valence-electron chi connectivity index (χ4n) is 3.45. The Morgan fingerprint density at radius 3 is 2.06 bits per heavy atom. The number of nitrogens with one attached hydrogen (secondary N) is 2. The Morgan fingerprint density at radius 1 is 0.886 bits per heavy atom. The van der Waals surface area contributed by atoms with Crippen molar-refractivity contribution in [3.05, 3.63) is 86.6 Å². The molecule has 11 heteroatoms. The van der Waals surface area contributed by atoms with Crippen LogP contribution in [0.3, 0.4) is 0 Å². The molecule has 0 saturated carbocycles. The summed E-state index contributed by atoms with van der Waals surface area (Å²) in [6, 6.07) is 13.4. The molecule has 2 amide bonds. The number of anilines is 2. The van der Waals surface area contributed by atoms with Crippen LogP contribution in [0.1, 0.15) is 6.92 Å². The fraction of sp³-hybridized carbons (Fsp3) is 0.167. The first-order valence-electron chi connectivity index (χ1n) is 10.6. The molecule has 9 nitrogen and oxygen atoms in total. The molecule has 0 radical (unpaired) electrons. The van der Waals surface area contributed by atoms with Crippen LogP contribution >= 0.6 is 11.3 Å². The summed E-state index contributed by atoms with van der Waals surface area (Å²) in [5, 5.41) is 6.86. The van der Waals surface area contributed by atoms with Gasteiger partial charge < -0.3 is 15.4 Å². The lowest BCUT2D eigenvalue weighted by Gasteiger charge is -2.13. The van der Waals surface area contributed by atoms with Crippen LogP contribution in [-0.2, 0) is 22.7 Å². The van der Waals surface area contributed by atoms with Crippen molar-refractivity contribution in [3.8, 4) is 5.75 Å². The van der Waals surface area contributed by atoms with E-state index in [4.69, 9.17) is 4.74 Å². The topological polar surface area (TPSA) is 111 Å². The monoisotopic (exact) mass is 496 g/mol. The van der Waals surface area contributed by atoms with Crippen molar-refractivity contribution in [2.75, 3.05) is 17.2 Å². The molecule has 2 aromatic carbocycles. The van der Waals surface area contributed by atoms with Crippen molar-refractivity contribution >= 4 is 44.7 Å². The smallest absolute Gasteiger partial charge is 0.332 e. The van der Waals surface area contributed by atoms with Crippen LogP contribution in [0.4, 0.5) is 15.8 Å². The van der Waals surface area contributed by atoms with Gasteiger partial charge in [-0.15, -0.1) is 11.3 Å². The molecule has 2 heterocycles. The summed E-state index contributed by atoms with van der Waals surface area (Å²) in [5.41, 5.74) is -0.284. The van der Waals surface area contributed by atoms with Gasteiger partial charge in [-0.25, -0.2) is 13.8 Å². The quantitative estimate of drug-likeness (QED) is 0.390. The molecule has 0 fully saturated rings. The Labute approximate surface area is 202 Å². The van der Waals surface area contributed by atoms with Crippen molar-refractivity contribution in [2.45, 2.75) is 20.0 Å². The largest absolute Gasteiger partial charge is 0.494 e. The van der Waals surface area contributed by atoms with Crippen molar-refractivity contribution in [1.29, 1.82) is 0 Å². The number of halogens is 1. The summed E-state index contributed by atoms with van der Waals surface area (Å²) < 4.78 is 20.6. The second-order valence-corrected chi connectivity index (χ2v) is 8.37. The zero-order valence-corrected chi connectivity index (χ0v) is 19.4. The third kappa shape index (κ3) is 5.46. The molecule has 0 aliphatic rings. The van der Waals surface area contributed by atoms with E-state index in [1.54, 1.807) is 35.7 Å². The first kappa shape index (κ1) is 23.9. The Kier molecular flexibility index (Phi) is 7.06. The van der Waals surface area contributed by atoms with Gasteiger partial charge in [-0.05, 0) is 66.9 Å². The minimum atomic E-state index is -0.794. The second kappa shape index (κ2) is 10.3. The summed E-state index contributed by atoms with van der Waals surface area (Å²) >= 11 is 1.11. The number of hydrogen-bond acceptors (Lipinski definition) is 6. The molecule has 0 bridgehead atoms.